The summed E-state index contributed by atoms with van der Waals surface area (Å²) in [5, 5.41) is 1.16. The molecule has 0 aliphatic heterocycles. The molecule has 2 aromatic carbocycles. The van der Waals surface area contributed by atoms with Crippen molar-refractivity contribution < 1.29 is 4.42 Å². The van der Waals surface area contributed by atoms with E-state index in [1.165, 1.54) is 16.7 Å². The van der Waals surface area contributed by atoms with Gasteiger partial charge in [0.1, 0.15) is 11.3 Å². The fourth-order valence-electron chi connectivity index (χ4n) is 2.31. The molecule has 1 aromatic heterocycles. The molecule has 0 spiro atoms. The highest BCUT2D eigenvalue weighted by molar-refractivity contribution is 5.84. The molecule has 3 rings (SSSR count). The number of rotatable bonds is 1. The smallest absolute Gasteiger partial charge is 0.135 e. The first kappa shape index (κ1) is 10.2. The van der Waals surface area contributed by atoms with Gasteiger partial charge in [0.05, 0.1) is 0 Å². The fraction of sp³-hybridized carbons (Fsp3) is 0.125. The maximum absolute atomic E-state index is 5.92. The minimum absolute atomic E-state index is 0.949. The second kappa shape index (κ2) is 3.77. The van der Waals surface area contributed by atoms with Crippen molar-refractivity contribution in [3.8, 4) is 11.3 Å². The maximum atomic E-state index is 5.92. The first-order chi connectivity index (χ1) is 8.25. The molecule has 0 bridgehead atoms. The Morgan fingerprint density at radius 2 is 1.53 bits per heavy atom. The average molecular weight is 222 g/mol. The number of fused-ring (bicyclic) bond motifs is 1. The molecule has 0 amide bonds. The quantitative estimate of drug-likeness (QED) is 0.580. The van der Waals surface area contributed by atoms with E-state index in [9.17, 15) is 0 Å². The van der Waals surface area contributed by atoms with E-state index in [-0.39, 0.29) is 0 Å². The number of benzene rings is 2. The summed E-state index contributed by atoms with van der Waals surface area (Å²) < 4.78 is 5.92. The Labute approximate surface area is 101 Å². The standard InChI is InChI=1S/C16H14O/c1-11-6-5-7-12(2)16(11)15-10-13-8-3-4-9-14(13)17-15/h3-10H,1-2H3. The van der Waals surface area contributed by atoms with E-state index >= 15 is 0 Å². The molecule has 0 unspecified atom stereocenters. The number of aryl methyl sites for hydroxylation is 2. The number of hydrogen-bond donors (Lipinski definition) is 0. The molecule has 0 atom stereocenters. The van der Waals surface area contributed by atoms with Crippen LogP contribution in [0, 0.1) is 13.8 Å². The van der Waals surface area contributed by atoms with E-state index in [2.05, 4.69) is 44.2 Å². The van der Waals surface area contributed by atoms with E-state index < -0.39 is 0 Å². The largest absolute Gasteiger partial charge is 0.456 e. The zero-order chi connectivity index (χ0) is 11.8. The Hall–Kier alpha value is -2.02. The van der Waals surface area contributed by atoms with Crippen molar-refractivity contribution in [1.82, 2.24) is 0 Å². The van der Waals surface area contributed by atoms with Crippen LogP contribution in [0.15, 0.2) is 52.9 Å². The first-order valence-corrected chi connectivity index (χ1v) is 5.81. The third-order valence-corrected chi connectivity index (χ3v) is 3.15. The summed E-state index contributed by atoms with van der Waals surface area (Å²) >= 11 is 0. The number of hydrogen-bond acceptors (Lipinski definition) is 1. The second-order valence-corrected chi connectivity index (χ2v) is 4.42. The number of para-hydroxylation sites is 1. The minimum atomic E-state index is 0.949. The van der Waals surface area contributed by atoms with Gasteiger partial charge in [-0.05, 0) is 37.1 Å². The van der Waals surface area contributed by atoms with Gasteiger partial charge in [0.2, 0.25) is 0 Å². The Kier molecular flexibility index (Phi) is 2.25. The summed E-state index contributed by atoms with van der Waals surface area (Å²) in [7, 11) is 0. The van der Waals surface area contributed by atoms with Crippen molar-refractivity contribution in [3.05, 3.63) is 59.7 Å². The molecule has 0 aliphatic carbocycles. The average Bonchev–Trinajstić information content (AvgIpc) is 2.71. The molecule has 0 aliphatic rings. The summed E-state index contributed by atoms with van der Waals surface area (Å²) in [6.07, 6.45) is 0. The van der Waals surface area contributed by atoms with Gasteiger partial charge in [0.25, 0.3) is 0 Å². The molecule has 1 nitrogen and oxygen atoms in total. The van der Waals surface area contributed by atoms with Crippen molar-refractivity contribution in [2.24, 2.45) is 0 Å². The number of furan rings is 1. The van der Waals surface area contributed by atoms with Gasteiger partial charge in [-0.15, -0.1) is 0 Å². The van der Waals surface area contributed by atoms with E-state index in [4.69, 9.17) is 4.42 Å². The topological polar surface area (TPSA) is 13.1 Å². The molecular formula is C16H14O. The monoisotopic (exact) mass is 222 g/mol. The predicted molar refractivity (Wildman–Crippen MR) is 71.1 cm³/mol. The van der Waals surface area contributed by atoms with Crippen LogP contribution in [-0.2, 0) is 0 Å². The van der Waals surface area contributed by atoms with Crippen LogP contribution in [0.3, 0.4) is 0 Å². The summed E-state index contributed by atoms with van der Waals surface area (Å²) in [4.78, 5) is 0. The SMILES string of the molecule is Cc1cccc(C)c1-c1cc2ccccc2o1. The summed E-state index contributed by atoms with van der Waals surface area (Å²) in [5.74, 6) is 0.960. The van der Waals surface area contributed by atoms with E-state index in [0.717, 1.165) is 16.7 Å². The third-order valence-electron chi connectivity index (χ3n) is 3.15. The normalized spacial score (nSPS) is 10.9. The van der Waals surface area contributed by atoms with Gasteiger partial charge in [-0.3, -0.25) is 0 Å². The Morgan fingerprint density at radius 3 is 2.24 bits per heavy atom. The van der Waals surface area contributed by atoms with Crippen molar-refractivity contribution >= 4 is 11.0 Å². The summed E-state index contributed by atoms with van der Waals surface area (Å²) in [5.41, 5.74) is 4.67. The van der Waals surface area contributed by atoms with Crippen LogP contribution in [0.25, 0.3) is 22.3 Å². The first-order valence-electron chi connectivity index (χ1n) is 5.81. The highest BCUT2D eigenvalue weighted by atomic mass is 16.3. The van der Waals surface area contributed by atoms with Crippen LogP contribution < -0.4 is 0 Å². The third kappa shape index (κ3) is 1.64. The molecule has 0 saturated carbocycles. The Morgan fingerprint density at radius 1 is 0.824 bits per heavy atom. The van der Waals surface area contributed by atoms with E-state index in [1.54, 1.807) is 0 Å². The molecular weight excluding hydrogens is 208 g/mol. The molecule has 0 radical (unpaired) electrons. The zero-order valence-corrected chi connectivity index (χ0v) is 10.0. The van der Waals surface area contributed by atoms with Crippen molar-refractivity contribution in [3.63, 3.8) is 0 Å². The molecule has 84 valence electrons. The lowest BCUT2D eigenvalue weighted by Crippen LogP contribution is -1.85. The fourth-order valence-corrected chi connectivity index (χ4v) is 2.31. The van der Waals surface area contributed by atoms with Crippen LogP contribution in [-0.4, -0.2) is 0 Å². The maximum Gasteiger partial charge on any atom is 0.135 e. The van der Waals surface area contributed by atoms with Crippen molar-refractivity contribution in [2.45, 2.75) is 13.8 Å². The predicted octanol–water partition coefficient (Wildman–Crippen LogP) is 4.72. The Bertz CT molecular complexity index is 624. The van der Waals surface area contributed by atoms with Gasteiger partial charge in [-0.1, -0.05) is 36.4 Å². The molecule has 3 aromatic rings. The lowest BCUT2D eigenvalue weighted by Gasteiger charge is -2.05. The molecule has 1 heterocycles. The molecule has 0 saturated heterocycles. The molecule has 17 heavy (non-hydrogen) atoms. The van der Waals surface area contributed by atoms with E-state index in [1.807, 2.05) is 18.2 Å². The van der Waals surface area contributed by atoms with Gasteiger partial charge in [0.15, 0.2) is 0 Å². The van der Waals surface area contributed by atoms with Gasteiger partial charge in [-0.25, -0.2) is 0 Å². The summed E-state index contributed by atoms with van der Waals surface area (Å²) in [6, 6.07) is 16.6. The Balaban J connectivity index is 2.27. The van der Waals surface area contributed by atoms with Crippen molar-refractivity contribution in [1.29, 1.82) is 0 Å². The molecule has 1 heteroatoms. The second-order valence-electron chi connectivity index (χ2n) is 4.42. The van der Waals surface area contributed by atoms with Crippen LogP contribution in [0.2, 0.25) is 0 Å². The highest BCUT2D eigenvalue weighted by Gasteiger charge is 2.10. The summed E-state index contributed by atoms with van der Waals surface area (Å²) in [6.45, 7) is 4.24. The van der Waals surface area contributed by atoms with Gasteiger partial charge >= 0.3 is 0 Å². The van der Waals surface area contributed by atoms with Crippen LogP contribution in [0.5, 0.6) is 0 Å². The van der Waals surface area contributed by atoms with Gasteiger partial charge in [-0.2, -0.15) is 0 Å². The van der Waals surface area contributed by atoms with Crippen LogP contribution in [0.4, 0.5) is 0 Å². The van der Waals surface area contributed by atoms with Crippen LogP contribution in [0.1, 0.15) is 11.1 Å². The lowest BCUT2D eigenvalue weighted by molar-refractivity contribution is 0.630. The van der Waals surface area contributed by atoms with Crippen molar-refractivity contribution in [2.75, 3.05) is 0 Å². The van der Waals surface area contributed by atoms with Gasteiger partial charge in [0, 0.05) is 10.9 Å². The molecule has 0 fully saturated rings. The lowest BCUT2D eigenvalue weighted by atomic mass is 10.0. The van der Waals surface area contributed by atoms with Crippen LogP contribution >= 0.6 is 0 Å². The van der Waals surface area contributed by atoms with Gasteiger partial charge < -0.3 is 4.42 Å². The van der Waals surface area contributed by atoms with E-state index in [0.29, 0.717) is 0 Å². The molecule has 0 N–H and O–H groups in total. The zero-order valence-electron chi connectivity index (χ0n) is 10.0. The highest BCUT2D eigenvalue weighted by Crippen LogP contribution is 2.31. The minimum Gasteiger partial charge on any atom is -0.456 e.